The summed E-state index contributed by atoms with van der Waals surface area (Å²) in [7, 11) is 0. The van der Waals surface area contributed by atoms with Gasteiger partial charge >= 0.3 is 0 Å². The van der Waals surface area contributed by atoms with E-state index in [2.05, 4.69) is 25.3 Å². The molecule has 1 aliphatic carbocycles. The molecular weight excluding hydrogens is 196 g/mol. The van der Waals surface area contributed by atoms with Gasteiger partial charge in [0.25, 0.3) is 0 Å². The Morgan fingerprint density at radius 1 is 1.53 bits per heavy atom. The van der Waals surface area contributed by atoms with Gasteiger partial charge in [-0.2, -0.15) is 10.1 Å². The molecule has 0 spiro atoms. The summed E-state index contributed by atoms with van der Waals surface area (Å²) in [5.41, 5.74) is 5.92. The molecule has 1 aliphatic rings. The molecule has 1 unspecified atom stereocenters. The van der Waals surface area contributed by atoms with Crippen molar-refractivity contribution in [3.8, 4) is 11.6 Å². The van der Waals surface area contributed by atoms with Crippen LogP contribution in [-0.2, 0) is 0 Å². The van der Waals surface area contributed by atoms with Crippen molar-refractivity contribution in [3.63, 3.8) is 0 Å². The number of nitrogens with two attached hydrogens (primary N) is 1. The second-order valence-electron chi connectivity index (χ2n) is 3.65. The fourth-order valence-corrected chi connectivity index (χ4v) is 1.44. The van der Waals surface area contributed by atoms with Crippen LogP contribution >= 0.6 is 0 Å². The summed E-state index contributed by atoms with van der Waals surface area (Å²) < 4.78 is 5.08. The summed E-state index contributed by atoms with van der Waals surface area (Å²) >= 11 is 0. The molecule has 3 rings (SSSR count). The SMILES string of the molecule is NC(c1nc(-c2ncn[nH]2)no1)C1CC1. The van der Waals surface area contributed by atoms with Crippen LogP contribution < -0.4 is 5.73 Å². The Hall–Kier alpha value is -1.76. The summed E-state index contributed by atoms with van der Waals surface area (Å²) in [6.07, 6.45) is 3.68. The van der Waals surface area contributed by atoms with Crippen LogP contribution in [0.3, 0.4) is 0 Å². The summed E-state index contributed by atoms with van der Waals surface area (Å²) in [6.45, 7) is 0. The van der Waals surface area contributed by atoms with E-state index in [1.165, 1.54) is 6.33 Å². The quantitative estimate of drug-likeness (QED) is 0.746. The molecule has 0 amide bonds. The lowest BCUT2D eigenvalue weighted by Gasteiger charge is -2.01. The highest BCUT2D eigenvalue weighted by Crippen LogP contribution is 2.38. The maximum absolute atomic E-state index is 5.92. The van der Waals surface area contributed by atoms with Crippen molar-refractivity contribution in [2.24, 2.45) is 11.7 Å². The van der Waals surface area contributed by atoms with Crippen LogP contribution in [0, 0.1) is 5.92 Å². The minimum absolute atomic E-state index is 0.144. The molecule has 0 aromatic carbocycles. The largest absolute Gasteiger partial charge is 0.337 e. The first-order chi connectivity index (χ1) is 7.34. The number of nitrogens with one attached hydrogen (secondary N) is 1. The fraction of sp³-hybridized carbons (Fsp3) is 0.500. The highest BCUT2D eigenvalue weighted by Gasteiger charge is 2.33. The van der Waals surface area contributed by atoms with Gasteiger partial charge in [0.1, 0.15) is 6.33 Å². The predicted octanol–water partition coefficient (Wildman–Crippen LogP) is 0.264. The van der Waals surface area contributed by atoms with E-state index in [1.54, 1.807) is 0 Å². The molecular formula is C8H10N6O. The van der Waals surface area contributed by atoms with Crippen molar-refractivity contribution in [2.75, 3.05) is 0 Å². The highest BCUT2D eigenvalue weighted by molar-refractivity contribution is 5.39. The molecule has 2 aromatic heterocycles. The molecule has 1 fully saturated rings. The minimum Gasteiger partial charge on any atom is -0.337 e. The zero-order valence-electron chi connectivity index (χ0n) is 7.92. The van der Waals surface area contributed by atoms with Gasteiger partial charge in [0.2, 0.25) is 11.7 Å². The fourth-order valence-electron chi connectivity index (χ4n) is 1.44. The molecule has 1 atom stereocenters. The summed E-state index contributed by atoms with van der Waals surface area (Å²) in [4.78, 5) is 8.10. The third-order valence-corrected chi connectivity index (χ3v) is 2.48. The molecule has 0 radical (unpaired) electrons. The Morgan fingerprint density at radius 2 is 2.40 bits per heavy atom. The van der Waals surface area contributed by atoms with Crippen LogP contribution in [0.1, 0.15) is 24.8 Å². The van der Waals surface area contributed by atoms with Crippen molar-refractivity contribution >= 4 is 0 Å². The Labute approximate surface area is 85.1 Å². The van der Waals surface area contributed by atoms with Crippen molar-refractivity contribution in [2.45, 2.75) is 18.9 Å². The van der Waals surface area contributed by atoms with Gasteiger partial charge in [-0.25, -0.2) is 4.98 Å². The first-order valence-corrected chi connectivity index (χ1v) is 4.79. The molecule has 78 valence electrons. The lowest BCUT2D eigenvalue weighted by Crippen LogP contribution is -2.12. The van der Waals surface area contributed by atoms with Crippen molar-refractivity contribution in [1.29, 1.82) is 0 Å². The third kappa shape index (κ3) is 1.50. The number of rotatable bonds is 3. The maximum Gasteiger partial charge on any atom is 0.244 e. The number of hydrogen-bond donors (Lipinski definition) is 2. The van der Waals surface area contributed by atoms with Gasteiger partial charge in [-0.15, -0.1) is 0 Å². The second-order valence-corrected chi connectivity index (χ2v) is 3.65. The minimum atomic E-state index is -0.144. The van der Waals surface area contributed by atoms with Crippen LogP contribution in [0.15, 0.2) is 10.9 Å². The highest BCUT2D eigenvalue weighted by atomic mass is 16.5. The molecule has 0 aliphatic heterocycles. The van der Waals surface area contributed by atoms with Gasteiger partial charge in [-0.3, -0.25) is 5.10 Å². The van der Waals surface area contributed by atoms with Gasteiger partial charge in [-0.1, -0.05) is 5.16 Å². The van der Waals surface area contributed by atoms with E-state index in [0.29, 0.717) is 23.5 Å². The lowest BCUT2D eigenvalue weighted by molar-refractivity contribution is 0.343. The van der Waals surface area contributed by atoms with Crippen molar-refractivity contribution < 1.29 is 4.52 Å². The summed E-state index contributed by atoms with van der Waals surface area (Å²) in [6, 6.07) is -0.144. The topological polar surface area (TPSA) is 107 Å². The summed E-state index contributed by atoms with van der Waals surface area (Å²) in [5, 5.41) is 10.2. The second kappa shape index (κ2) is 3.13. The van der Waals surface area contributed by atoms with E-state index in [4.69, 9.17) is 10.3 Å². The van der Waals surface area contributed by atoms with Crippen LogP contribution in [-0.4, -0.2) is 25.3 Å². The predicted molar refractivity (Wildman–Crippen MR) is 49.3 cm³/mol. The molecule has 7 heteroatoms. The van der Waals surface area contributed by atoms with E-state index in [-0.39, 0.29) is 6.04 Å². The number of nitrogens with zero attached hydrogens (tertiary/aromatic N) is 4. The van der Waals surface area contributed by atoms with Crippen LogP contribution in [0.25, 0.3) is 11.6 Å². The molecule has 7 nitrogen and oxygen atoms in total. The standard InChI is InChI=1S/C8H10N6O/c9-5(4-1-2-4)8-12-7(14-15-8)6-10-3-11-13-6/h3-5H,1-2,9H2,(H,10,11,13). The lowest BCUT2D eigenvalue weighted by atomic mass is 10.2. The monoisotopic (exact) mass is 206 g/mol. The average molecular weight is 206 g/mol. The third-order valence-electron chi connectivity index (χ3n) is 2.48. The van der Waals surface area contributed by atoms with E-state index in [9.17, 15) is 0 Å². The van der Waals surface area contributed by atoms with Gasteiger partial charge < -0.3 is 10.3 Å². The average Bonchev–Trinajstić information content (AvgIpc) is 2.80. The van der Waals surface area contributed by atoms with Gasteiger partial charge in [0, 0.05) is 0 Å². The Bertz CT molecular complexity index is 445. The molecule has 15 heavy (non-hydrogen) atoms. The van der Waals surface area contributed by atoms with E-state index in [0.717, 1.165) is 12.8 Å². The Morgan fingerprint density at radius 3 is 3.07 bits per heavy atom. The maximum atomic E-state index is 5.92. The van der Waals surface area contributed by atoms with E-state index in [1.807, 2.05) is 0 Å². The van der Waals surface area contributed by atoms with Crippen molar-refractivity contribution in [3.05, 3.63) is 12.2 Å². The first-order valence-electron chi connectivity index (χ1n) is 4.79. The van der Waals surface area contributed by atoms with E-state index < -0.39 is 0 Å². The molecule has 3 N–H and O–H groups in total. The van der Waals surface area contributed by atoms with Gasteiger partial charge in [0.05, 0.1) is 6.04 Å². The molecule has 0 bridgehead atoms. The van der Waals surface area contributed by atoms with Crippen molar-refractivity contribution in [1.82, 2.24) is 25.3 Å². The van der Waals surface area contributed by atoms with Gasteiger partial charge in [-0.05, 0) is 18.8 Å². The Balaban J connectivity index is 1.87. The number of aromatic nitrogens is 5. The molecule has 2 aromatic rings. The normalized spacial score (nSPS) is 17.9. The van der Waals surface area contributed by atoms with Gasteiger partial charge in [0.15, 0.2) is 5.82 Å². The molecule has 2 heterocycles. The van der Waals surface area contributed by atoms with E-state index >= 15 is 0 Å². The summed E-state index contributed by atoms with van der Waals surface area (Å²) in [5.74, 6) is 1.86. The number of aromatic amines is 1. The molecule has 0 saturated heterocycles. The van der Waals surface area contributed by atoms with Crippen LogP contribution in [0.5, 0.6) is 0 Å². The zero-order valence-corrected chi connectivity index (χ0v) is 7.92. The van der Waals surface area contributed by atoms with Crippen LogP contribution in [0.4, 0.5) is 0 Å². The van der Waals surface area contributed by atoms with Crippen LogP contribution in [0.2, 0.25) is 0 Å². The first kappa shape index (κ1) is 8.54. The number of H-pyrrole nitrogens is 1. The number of hydrogen-bond acceptors (Lipinski definition) is 6. The molecule has 1 saturated carbocycles. The Kier molecular flexibility index (Phi) is 1.78. The smallest absolute Gasteiger partial charge is 0.244 e. The zero-order chi connectivity index (χ0) is 10.3.